The zero-order valence-electron chi connectivity index (χ0n) is 15.6. The number of hydrogen-bond acceptors (Lipinski definition) is 4. The fourth-order valence-corrected chi connectivity index (χ4v) is 3.74. The molecule has 0 aromatic heterocycles. The fraction of sp³-hybridized carbons (Fsp3) is 0.611. The van der Waals surface area contributed by atoms with Crippen molar-refractivity contribution in [1.82, 2.24) is 9.62 Å². The van der Waals surface area contributed by atoms with E-state index in [1.165, 1.54) is 7.05 Å². The van der Waals surface area contributed by atoms with Gasteiger partial charge in [0.15, 0.2) is 0 Å². The second-order valence-electron chi connectivity index (χ2n) is 7.61. The zero-order valence-corrected chi connectivity index (χ0v) is 16.4. The molecule has 2 rings (SSSR count). The lowest BCUT2D eigenvalue weighted by molar-refractivity contribution is 0.00363. The van der Waals surface area contributed by atoms with Gasteiger partial charge in [0.2, 0.25) is 10.0 Å². The molecule has 0 aliphatic carbocycles. The van der Waals surface area contributed by atoms with Crippen LogP contribution in [0.15, 0.2) is 29.2 Å². The van der Waals surface area contributed by atoms with Crippen molar-refractivity contribution in [2.45, 2.75) is 57.1 Å². The molecule has 140 valence electrons. The van der Waals surface area contributed by atoms with Crippen molar-refractivity contribution >= 4 is 16.1 Å². The molecular weight excluding hydrogens is 340 g/mol. The number of carbonyl (C=O) groups is 1. The molecule has 0 bridgehead atoms. The Hall–Kier alpha value is -1.60. The fourth-order valence-electron chi connectivity index (χ4n) is 3.01. The van der Waals surface area contributed by atoms with Crippen molar-refractivity contribution in [2.75, 3.05) is 13.6 Å². The largest absolute Gasteiger partial charge is 0.444 e. The Morgan fingerprint density at radius 3 is 2.32 bits per heavy atom. The van der Waals surface area contributed by atoms with Crippen molar-refractivity contribution < 1.29 is 17.9 Å². The second-order valence-corrected chi connectivity index (χ2v) is 9.49. The number of hydrogen-bond donors (Lipinski definition) is 1. The van der Waals surface area contributed by atoms with Crippen LogP contribution in [0.4, 0.5) is 4.79 Å². The van der Waals surface area contributed by atoms with E-state index in [1.54, 1.807) is 29.2 Å². The van der Waals surface area contributed by atoms with Crippen LogP contribution in [0.25, 0.3) is 0 Å². The third kappa shape index (κ3) is 4.95. The standard InChI is InChI=1S/C18H28N2O4S/c1-13-6-11-16(20(12-13)17(21)24-18(2,3)4)14-7-9-15(10-8-14)25(22,23)19-5/h7-10,13,16,19H,6,11-12H2,1-5H3/t13-,16+/m0/s1. The number of piperidine rings is 1. The molecule has 1 fully saturated rings. The molecule has 1 aliphatic heterocycles. The summed E-state index contributed by atoms with van der Waals surface area (Å²) in [5, 5.41) is 0. The lowest BCUT2D eigenvalue weighted by Gasteiger charge is -2.39. The molecule has 1 aromatic carbocycles. The van der Waals surface area contributed by atoms with Gasteiger partial charge in [-0.2, -0.15) is 0 Å². The van der Waals surface area contributed by atoms with Crippen LogP contribution in [0.2, 0.25) is 0 Å². The third-order valence-corrected chi connectivity index (χ3v) is 5.72. The molecule has 1 aromatic rings. The molecule has 7 heteroatoms. The van der Waals surface area contributed by atoms with Gasteiger partial charge >= 0.3 is 6.09 Å². The molecule has 0 spiro atoms. The van der Waals surface area contributed by atoms with E-state index < -0.39 is 15.6 Å². The number of nitrogens with one attached hydrogen (secondary N) is 1. The molecule has 1 amide bonds. The van der Waals surface area contributed by atoms with Gasteiger partial charge in [0, 0.05) is 6.54 Å². The molecule has 2 atom stereocenters. The molecule has 0 radical (unpaired) electrons. The zero-order chi connectivity index (χ0) is 18.8. The molecule has 1 aliphatic rings. The first-order valence-electron chi connectivity index (χ1n) is 8.56. The average Bonchev–Trinajstić information content (AvgIpc) is 2.53. The van der Waals surface area contributed by atoms with E-state index in [0.717, 1.165) is 18.4 Å². The summed E-state index contributed by atoms with van der Waals surface area (Å²) < 4.78 is 31.6. The highest BCUT2D eigenvalue weighted by Gasteiger charge is 2.34. The first kappa shape index (κ1) is 19.7. The van der Waals surface area contributed by atoms with Crippen molar-refractivity contribution in [1.29, 1.82) is 0 Å². The van der Waals surface area contributed by atoms with Gasteiger partial charge in [0.25, 0.3) is 0 Å². The summed E-state index contributed by atoms with van der Waals surface area (Å²) in [6.07, 6.45) is 1.52. The molecule has 0 saturated carbocycles. The lowest BCUT2D eigenvalue weighted by Crippen LogP contribution is -2.44. The molecule has 0 unspecified atom stereocenters. The Labute approximate surface area is 150 Å². The van der Waals surface area contributed by atoms with E-state index in [1.807, 2.05) is 20.8 Å². The summed E-state index contributed by atoms with van der Waals surface area (Å²) in [6.45, 7) is 8.31. The Kier molecular flexibility index (Phi) is 5.79. The first-order valence-corrected chi connectivity index (χ1v) is 10.0. The second kappa shape index (κ2) is 7.33. The number of carbonyl (C=O) groups excluding carboxylic acids is 1. The maximum atomic E-state index is 12.6. The highest BCUT2D eigenvalue weighted by atomic mass is 32.2. The predicted octanol–water partition coefficient (Wildman–Crippen LogP) is 3.30. The SMILES string of the molecule is CNS(=O)(=O)c1ccc([C@H]2CC[C@H](C)CN2C(=O)OC(C)(C)C)cc1. The van der Waals surface area contributed by atoms with Gasteiger partial charge in [-0.15, -0.1) is 0 Å². The van der Waals surface area contributed by atoms with Crippen LogP contribution in [0, 0.1) is 5.92 Å². The van der Waals surface area contributed by atoms with Gasteiger partial charge in [-0.05, 0) is 64.3 Å². The quantitative estimate of drug-likeness (QED) is 0.888. The van der Waals surface area contributed by atoms with Gasteiger partial charge in [0.1, 0.15) is 5.60 Å². The summed E-state index contributed by atoms with van der Waals surface area (Å²) in [5.41, 5.74) is 0.375. The summed E-state index contributed by atoms with van der Waals surface area (Å²) in [7, 11) is -2.08. The Morgan fingerprint density at radius 1 is 1.20 bits per heavy atom. The van der Waals surface area contributed by atoms with Gasteiger partial charge in [-0.3, -0.25) is 0 Å². The Morgan fingerprint density at radius 2 is 1.80 bits per heavy atom. The van der Waals surface area contributed by atoms with Crippen LogP contribution in [-0.4, -0.2) is 38.6 Å². The van der Waals surface area contributed by atoms with Gasteiger partial charge in [0.05, 0.1) is 10.9 Å². The highest BCUT2D eigenvalue weighted by molar-refractivity contribution is 7.89. The number of ether oxygens (including phenoxy) is 1. The minimum absolute atomic E-state index is 0.0996. The van der Waals surface area contributed by atoms with Crippen molar-refractivity contribution in [3.63, 3.8) is 0 Å². The minimum Gasteiger partial charge on any atom is -0.444 e. The molecule has 1 N–H and O–H groups in total. The minimum atomic E-state index is -3.46. The van der Waals surface area contributed by atoms with Crippen LogP contribution in [0.5, 0.6) is 0 Å². The van der Waals surface area contributed by atoms with E-state index in [4.69, 9.17) is 4.74 Å². The van der Waals surface area contributed by atoms with E-state index >= 15 is 0 Å². The van der Waals surface area contributed by atoms with E-state index in [2.05, 4.69) is 11.6 Å². The number of benzene rings is 1. The number of sulfonamides is 1. The smallest absolute Gasteiger partial charge is 0.410 e. The highest BCUT2D eigenvalue weighted by Crippen LogP contribution is 2.34. The van der Waals surface area contributed by atoms with Crippen LogP contribution in [0.3, 0.4) is 0 Å². The third-order valence-electron chi connectivity index (χ3n) is 4.29. The molecule has 1 saturated heterocycles. The van der Waals surface area contributed by atoms with Crippen LogP contribution in [0.1, 0.15) is 52.1 Å². The molecule has 1 heterocycles. The number of amides is 1. The van der Waals surface area contributed by atoms with Crippen LogP contribution >= 0.6 is 0 Å². The summed E-state index contributed by atoms with van der Waals surface area (Å²) in [5.74, 6) is 0.410. The summed E-state index contributed by atoms with van der Waals surface area (Å²) in [6, 6.07) is 6.61. The summed E-state index contributed by atoms with van der Waals surface area (Å²) in [4.78, 5) is 14.6. The van der Waals surface area contributed by atoms with E-state index in [-0.39, 0.29) is 17.0 Å². The topological polar surface area (TPSA) is 75.7 Å². The number of likely N-dealkylation sites (tertiary alicyclic amines) is 1. The Balaban J connectivity index is 2.26. The van der Waals surface area contributed by atoms with E-state index in [0.29, 0.717) is 12.5 Å². The van der Waals surface area contributed by atoms with Gasteiger partial charge in [-0.1, -0.05) is 19.1 Å². The Bertz CT molecular complexity index is 708. The normalized spacial score (nSPS) is 21.9. The number of nitrogens with zero attached hydrogens (tertiary/aromatic N) is 1. The van der Waals surface area contributed by atoms with E-state index in [9.17, 15) is 13.2 Å². The van der Waals surface area contributed by atoms with Gasteiger partial charge < -0.3 is 9.64 Å². The molecule has 25 heavy (non-hydrogen) atoms. The van der Waals surface area contributed by atoms with Crippen LogP contribution < -0.4 is 4.72 Å². The average molecular weight is 368 g/mol. The predicted molar refractivity (Wildman–Crippen MR) is 96.8 cm³/mol. The maximum Gasteiger partial charge on any atom is 0.410 e. The monoisotopic (exact) mass is 368 g/mol. The molecule has 6 nitrogen and oxygen atoms in total. The van der Waals surface area contributed by atoms with Gasteiger partial charge in [-0.25, -0.2) is 17.9 Å². The van der Waals surface area contributed by atoms with Crippen molar-refractivity contribution in [3.05, 3.63) is 29.8 Å². The summed E-state index contributed by atoms with van der Waals surface area (Å²) >= 11 is 0. The first-order chi connectivity index (χ1) is 11.5. The van der Waals surface area contributed by atoms with Crippen molar-refractivity contribution in [2.24, 2.45) is 5.92 Å². The maximum absolute atomic E-state index is 12.6. The number of rotatable bonds is 3. The van der Waals surface area contributed by atoms with Crippen molar-refractivity contribution in [3.8, 4) is 0 Å². The molecular formula is C18H28N2O4S. The lowest BCUT2D eigenvalue weighted by atomic mass is 9.90. The van der Waals surface area contributed by atoms with Crippen LogP contribution in [-0.2, 0) is 14.8 Å².